The van der Waals surface area contributed by atoms with Crippen molar-refractivity contribution in [1.29, 1.82) is 0 Å². The molecule has 0 amide bonds. The lowest BCUT2D eigenvalue weighted by Gasteiger charge is -2.19. The highest BCUT2D eigenvalue weighted by Gasteiger charge is 2.33. The van der Waals surface area contributed by atoms with E-state index in [2.05, 4.69) is 20.8 Å². The van der Waals surface area contributed by atoms with Gasteiger partial charge in [0.05, 0.1) is 19.8 Å². The van der Waals surface area contributed by atoms with Crippen LogP contribution in [0.5, 0.6) is 17.2 Å². The first-order valence-electron chi connectivity index (χ1n) is 19.8. The van der Waals surface area contributed by atoms with E-state index in [0.29, 0.717) is 37.1 Å². The lowest BCUT2D eigenvalue weighted by atomic mass is 10.1. The second-order valence-electron chi connectivity index (χ2n) is 12.9. The van der Waals surface area contributed by atoms with E-state index in [1.54, 1.807) is 72.8 Å². The van der Waals surface area contributed by atoms with Crippen LogP contribution >= 0.6 is 15.6 Å². The van der Waals surface area contributed by atoms with Crippen molar-refractivity contribution >= 4 is 15.6 Å². The first-order chi connectivity index (χ1) is 25.4. The van der Waals surface area contributed by atoms with Crippen LogP contribution in [0.1, 0.15) is 136 Å². The molecule has 0 aromatic heterocycles. The molecule has 292 valence electrons. The van der Waals surface area contributed by atoms with Crippen LogP contribution in [0, 0.1) is 0 Å². The van der Waals surface area contributed by atoms with Crippen LogP contribution in [0.4, 0.5) is 0 Å². The molecule has 0 bridgehead atoms. The van der Waals surface area contributed by atoms with E-state index >= 15 is 0 Å². The molecule has 3 rings (SSSR count). The molecule has 0 radical (unpaired) electrons. The number of phosphoric acid groups is 2. The molecule has 0 aliphatic carbocycles. The molecule has 0 atom stereocenters. The van der Waals surface area contributed by atoms with E-state index in [-0.39, 0.29) is 0 Å². The highest BCUT2D eigenvalue weighted by Crippen LogP contribution is 2.50. The number of hydrogen-bond donors (Lipinski definition) is 0. The maximum atomic E-state index is 13.1. The first kappa shape index (κ1) is 45.6. The Balaban J connectivity index is 0.000000367. The molecular formula is C42H66O8P2. The molecule has 0 heterocycles. The van der Waals surface area contributed by atoms with Gasteiger partial charge >= 0.3 is 15.6 Å². The molecule has 3 aromatic carbocycles. The summed E-state index contributed by atoms with van der Waals surface area (Å²) in [5.41, 5.74) is 0. The Labute approximate surface area is 315 Å². The number of para-hydroxylation sites is 3. The summed E-state index contributed by atoms with van der Waals surface area (Å²) in [4.78, 5) is 0. The molecule has 0 aliphatic rings. The van der Waals surface area contributed by atoms with Gasteiger partial charge in [0, 0.05) is 0 Å². The average molecular weight is 761 g/mol. The van der Waals surface area contributed by atoms with Gasteiger partial charge in [-0.1, -0.05) is 172 Å². The predicted molar refractivity (Wildman–Crippen MR) is 214 cm³/mol. The van der Waals surface area contributed by atoms with Crippen LogP contribution < -0.4 is 13.6 Å². The smallest absolute Gasteiger partial charge is 0.386 e. The van der Waals surface area contributed by atoms with Gasteiger partial charge in [-0.3, -0.25) is 13.6 Å². The van der Waals surface area contributed by atoms with Gasteiger partial charge in [0.25, 0.3) is 0 Å². The van der Waals surface area contributed by atoms with E-state index in [4.69, 9.17) is 27.1 Å². The average Bonchev–Trinajstić information content (AvgIpc) is 3.15. The van der Waals surface area contributed by atoms with E-state index < -0.39 is 15.6 Å². The zero-order chi connectivity index (χ0) is 37.4. The quantitative estimate of drug-likeness (QED) is 0.0490. The number of unbranched alkanes of at least 4 members (excludes halogenated alkanes) is 15. The highest BCUT2D eigenvalue weighted by molar-refractivity contribution is 7.49. The normalized spacial score (nSPS) is 11.4. The van der Waals surface area contributed by atoms with E-state index in [1.165, 1.54) is 77.0 Å². The molecule has 10 heteroatoms. The maximum absolute atomic E-state index is 13.1. The Morgan fingerprint density at radius 1 is 0.346 bits per heavy atom. The summed E-state index contributed by atoms with van der Waals surface area (Å²) in [6, 6.07) is 26.4. The second-order valence-corrected chi connectivity index (χ2v) is 16.0. The topological polar surface area (TPSA) is 89.5 Å². The summed E-state index contributed by atoms with van der Waals surface area (Å²) in [6.07, 6.45) is 21.3. The van der Waals surface area contributed by atoms with Gasteiger partial charge in [0.15, 0.2) is 0 Å². The highest BCUT2D eigenvalue weighted by atomic mass is 31.2. The van der Waals surface area contributed by atoms with Crippen LogP contribution in [-0.4, -0.2) is 19.8 Å². The molecule has 0 N–H and O–H groups in total. The molecule has 8 nitrogen and oxygen atoms in total. The zero-order valence-electron chi connectivity index (χ0n) is 32.2. The second kappa shape index (κ2) is 29.8. The van der Waals surface area contributed by atoms with Crippen LogP contribution in [0.3, 0.4) is 0 Å². The molecule has 0 unspecified atom stereocenters. The van der Waals surface area contributed by atoms with Crippen LogP contribution in [0.2, 0.25) is 0 Å². The third-order valence-corrected chi connectivity index (χ3v) is 10.9. The van der Waals surface area contributed by atoms with Crippen molar-refractivity contribution in [3.8, 4) is 17.2 Å². The summed E-state index contributed by atoms with van der Waals surface area (Å²) in [5, 5.41) is 0. The van der Waals surface area contributed by atoms with Crippen LogP contribution in [0.15, 0.2) is 91.0 Å². The molecule has 0 spiro atoms. The summed E-state index contributed by atoms with van der Waals surface area (Å²) in [5.74, 6) is 1.22. The van der Waals surface area contributed by atoms with Gasteiger partial charge in [-0.2, -0.15) is 4.57 Å². The van der Waals surface area contributed by atoms with Crippen molar-refractivity contribution in [1.82, 2.24) is 0 Å². The Morgan fingerprint density at radius 2 is 0.596 bits per heavy atom. The van der Waals surface area contributed by atoms with Crippen LogP contribution in [-0.2, 0) is 22.7 Å². The Kier molecular flexibility index (Phi) is 26.1. The lowest BCUT2D eigenvalue weighted by molar-refractivity contribution is 0.108. The number of hydrogen-bond acceptors (Lipinski definition) is 8. The van der Waals surface area contributed by atoms with Crippen molar-refractivity contribution in [3.63, 3.8) is 0 Å². The zero-order valence-corrected chi connectivity index (χ0v) is 34.0. The summed E-state index contributed by atoms with van der Waals surface area (Å²) in [7, 11) is -7.29. The fourth-order valence-electron chi connectivity index (χ4n) is 5.18. The molecule has 52 heavy (non-hydrogen) atoms. The Morgan fingerprint density at radius 3 is 0.865 bits per heavy atom. The third kappa shape index (κ3) is 23.1. The van der Waals surface area contributed by atoms with Gasteiger partial charge in [0.1, 0.15) is 17.2 Å². The van der Waals surface area contributed by atoms with Crippen molar-refractivity contribution in [3.05, 3.63) is 91.0 Å². The maximum Gasteiger partial charge on any atom is 0.647 e. The van der Waals surface area contributed by atoms with Crippen molar-refractivity contribution in [2.24, 2.45) is 0 Å². The lowest BCUT2D eigenvalue weighted by Crippen LogP contribution is -2.07. The minimum absolute atomic E-state index is 0.405. The number of benzene rings is 3. The Hall–Kier alpha value is -2.60. The molecular weight excluding hydrogens is 694 g/mol. The number of phosphoric ester groups is 2. The van der Waals surface area contributed by atoms with Gasteiger partial charge in [-0.25, -0.2) is 4.57 Å². The summed E-state index contributed by atoms with van der Waals surface area (Å²) in [6.45, 7) is 8.08. The van der Waals surface area contributed by atoms with E-state index in [0.717, 1.165) is 38.5 Å². The number of rotatable bonds is 30. The fraction of sp³-hybridized carbons (Fsp3) is 0.571. The van der Waals surface area contributed by atoms with Gasteiger partial charge < -0.3 is 13.6 Å². The van der Waals surface area contributed by atoms with E-state index in [9.17, 15) is 9.13 Å². The van der Waals surface area contributed by atoms with Gasteiger partial charge in [0.2, 0.25) is 0 Å². The summed E-state index contributed by atoms with van der Waals surface area (Å²) >= 11 is 0. The minimum atomic E-state index is -3.89. The van der Waals surface area contributed by atoms with Crippen LogP contribution in [0.25, 0.3) is 0 Å². The van der Waals surface area contributed by atoms with Crippen molar-refractivity contribution in [2.75, 3.05) is 19.8 Å². The SMILES string of the molecule is CCCCCCCCOP(=O)(OCCCCCCCC)OCCCCCCCC.O=P(Oc1ccccc1)(Oc1ccccc1)Oc1ccccc1. The van der Waals surface area contributed by atoms with Crippen molar-refractivity contribution in [2.45, 2.75) is 136 Å². The molecule has 0 aliphatic heterocycles. The molecule has 0 saturated carbocycles. The predicted octanol–water partition coefficient (Wildman–Crippen LogP) is 14.6. The fourth-order valence-corrected chi connectivity index (χ4v) is 7.71. The van der Waals surface area contributed by atoms with E-state index in [1.807, 2.05) is 18.2 Å². The van der Waals surface area contributed by atoms with Crippen molar-refractivity contribution < 1.29 is 36.3 Å². The standard InChI is InChI=1S/C24H51O4P.C18H15O4P/c1-4-7-10-13-16-19-22-26-29(25,27-23-20-17-14-11-8-5-2)28-24-21-18-15-12-9-6-3;19-23(20-16-10-4-1-5-11-16,21-17-12-6-2-7-13-17)22-18-14-8-3-9-15-18/h4-24H2,1-3H3;1-15H. The minimum Gasteiger partial charge on any atom is -0.386 e. The monoisotopic (exact) mass is 760 g/mol. The molecule has 3 aromatic rings. The third-order valence-electron chi connectivity index (χ3n) is 8.12. The summed E-state index contributed by atoms with van der Waals surface area (Å²) < 4.78 is 59.5. The van der Waals surface area contributed by atoms with Gasteiger partial charge in [-0.05, 0) is 55.7 Å². The first-order valence-corrected chi connectivity index (χ1v) is 22.7. The largest absolute Gasteiger partial charge is 0.647 e. The molecule has 0 fully saturated rings. The Bertz CT molecular complexity index is 1170. The van der Waals surface area contributed by atoms with Gasteiger partial charge in [-0.15, -0.1) is 0 Å². The molecule has 0 saturated heterocycles.